The van der Waals surface area contributed by atoms with Crippen LogP contribution >= 0.6 is 0 Å². The van der Waals surface area contributed by atoms with Gasteiger partial charge in [-0.3, -0.25) is 4.79 Å². The van der Waals surface area contributed by atoms with Crippen molar-refractivity contribution in [3.8, 4) is 11.1 Å². The van der Waals surface area contributed by atoms with Crippen molar-refractivity contribution >= 4 is 11.7 Å². The molecule has 0 spiro atoms. The minimum absolute atomic E-state index is 0.261. The Labute approximate surface area is 236 Å². The first-order valence-corrected chi connectivity index (χ1v) is 14.4. The second-order valence-corrected chi connectivity index (χ2v) is 11.3. The minimum Gasteiger partial charge on any atom is -0.466 e. The van der Waals surface area contributed by atoms with Gasteiger partial charge in [-0.1, -0.05) is 56.3 Å². The fourth-order valence-corrected chi connectivity index (χ4v) is 5.75. The SMILES string of the molecule is CCOC(=O)C(CC(C)C)c1cc(-c2ccc(C(F)(F)F)cc2)cc(N2CCCCC2Cc2ccccc2C)c1. The summed E-state index contributed by atoms with van der Waals surface area (Å²) in [5, 5.41) is 0. The van der Waals surface area contributed by atoms with Crippen LogP contribution in [0.4, 0.5) is 18.9 Å². The van der Waals surface area contributed by atoms with E-state index in [4.69, 9.17) is 4.74 Å². The number of hydrogen-bond donors (Lipinski definition) is 0. The number of halogens is 3. The van der Waals surface area contributed by atoms with Crippen molar-refractivity contribution in [2.45, 2.75) is 77.9 Å². The first kappa shape index (κ1) is 29.7. The molecule has 1 fully saturated rings. The summed E-state index contributed by atoms with van der Waals surface area (Å²) in [5.74, 6) is -0.453. The summed E-state index contributed by atoms with van der Waals surface area (Å²) >= 11 is 0. The Bertz CT molecular complexity index is 1280. The molecular weight excluding hydrogens is 511 g/mol. The maximum Gasteiger partial charge on any atom is 0.416 e. The number of aryl methyl sites for hydroxylation is 1. The van der Waals surface area contributed by atoms with E-state index >= 15 is 0 Å². The maximum absolute atomic E-state index is 13.3. The Morgan fingerprint density at radius 3 is 2.38 bits per heavy atom. The van der Waals surface area contributed by atoms with Crippen molar-refractivity contribution in [3.05, 3.63) is 89.0 Å². The zero-order chi connectivity index (χ0) is 28.9. The normalized spacial score (nSPS) is 16.7. The first-order valence-electron chi connectivity index (χ1n) is 14.4. The highest BCUT2D eigenvalue weighted by Gasteiger charge is 2.31. The van der Waals surface area contributed by atoms with E-state index in [0.29, 0.717) is 18.6 Å². The van der Waals surface area contributed by atoms with Gasteiger partial charge < -0.3 is 9.64 Å². The Hall–Kier alpha value is -3.28. The Kier molecular flexibility index (Phi) is 9.60. The largest absolute Gasteiger partial charge is 0.466 e. The van der Waals surface area contributed by atoms with Gasteiger partial charge in [-0.2, -0.15) is 13.2 Å². The fourth-order valence-electron chi connectivity index (χ4n) is 5.75. The van der Waals surface area contributed by atoms with Crippen LogP contribution in [0, 0.1) is 12.8 Å². The number of carbonyl (C=O) groups excluding carboxylic acids is 1. The summed E-state index contributed by atoms with van der Waals surface area (Å²) in [7, 11) is 0. The fraction of sp³-hybridized carbons (Fsp3) is 0.441. The Morgan fingerprint density at radius 1 is 1.00 bits per heavy atom. The van der Waals surface area contributed by atoms with E-state index in [2.05, 4.69) is 62.1 Å². The zero-order valence-electron chi connectivity index (χ0n) is 23.9. The van der Waals surface area contributed by atoms with E-state index in [1.807, 2.05) is 6.07 Å². The topological polar surface area (TPSA) is 29.5 Å². The molecule has 3 aromatic carbocycles. The average molecular weight is 552 g/mol. The molecule has 40 heavy (non-hydrogen) atoms. The maximum atomic E-state index is 13.3. The number of carbonyl (C=O) groups is 1. The van der Waals surface area contributed by atoms with Crippen LogP contribution in [0.5, 0.6) is 0 Å². The summed E-state index contributed by atoms with van der Waals surface area (Å²) in [4.78, 5) is 15.6. The van der Waals surface area contributed by atoms with E-state index in [9.17, 15) is 18.0 Å². The van der Waals surface area contributed by atoms with Crippen LogP contribution in [-0.4, -0.2) is 25.2 Å². The highest BCUT2D eigenvalue weighted by molar-refractivity contribution is 5.81. The molecule has 1 aliphatic rings. The van der Waals surface area contributed by atoms with Crippen LogP contribution in [0.1, 0.15) is 74.6 Å². The lowest BCUT2D eigenvalue weighted by atomic mass is 9.87. The van der Waals surface area contributed by atoms with Crippen molar-refractivity contribution in [2.24, 2.45) is 5.92 Å². The number of nitrogens with zero attached hydrogens (tertiary/aromatic N) is 1. The smallest absolute Gasteiger partial charge is 0.416 e. The molecule has 6 heteroatoms. The summed E-state index contributed by atoms with van der Waals surface area (Å²) in [6, 6.07) is 20.2. The molecule has 0 N–H and O–H groups in total. The number of hydrogen-bond acceptors (Lipinski definition) is 3. The van der Waals surface area contributed by atoms with Gasteiger partial charge in [0.05, 0.1) is 18.1 Å². The number of benzene rings is 3. The summed E-state index contributed by atoms with van der Waals surface area (Å²) < 4.78 is 45.3. The van der Waals surface area contributed by atoms with Gasteiger partial charge in [0.1, 0.15) is 0 Å². The van der Waals surface area contributed by atoms with Crippen LogP contribution < -0.4 is 4.90 Å². The first-order chi connectivity index (χ1) is 19.1. The van der Waals surface area contributed by atoms with Gasteiger partial charge in [0.2, 0.25) is 0 Å². The standard InChI is InChI=1S/C34H40F3NO2/c1-5-40-33(39)32(18-23(2)3)28-19-27(25-13-15-29(16-14-25)34(35,36)37)21-31(22-28)38-17-9-8-12-30(38)20-26-11-7-6-10-24(26)4/h6-7,10-11,13-16,19,21-23,30,32H,5,8-9,12,17-18,20H2,1-4H3. The van der Waals surface area contributed by atoms with Crippen LogP contribution in [0.2, 0.25) is 0 Å². The molecule has 3 aromatic rings. The summed E-state index contributed by atoms with van der Waals surface area (Å²) in [6.45, 7) is 9.29. The third-order valence-corrected chi connectivity index (χ3v) is 7.84. The van der Waals surface area contributed by atoms with Crippen LogP contribution in [-0.2, 0) is 22.1 Å². The molecular formula is C34H40F3NO2. The van der Waals surface area contributed by atoms with Gasteiger partial charge in [-0.25, -0.2) is 0 Å². The molecule has 0 bridgehead atoms. The third kappa shape index (κ3) is 7.26. The van der Waals surface area contributed by atoms with E-state index in [1.54, 1.807) is 6.92 Å². The van der Waals surface area contributed by atoms with Gasteiger partial charge >= 0.3 is 12.1 Å². The second-order valence-electron chi connectivity index (χ2n) is 11.3. The highest BCUT2D eigenvalue weighted by Crippen LogP contribution is 2.37. The van der Waals surface area contributed by atoms with Gasteiger partial charge in [0, 0.05) is 18.3 Å². The third-order valence-electron chi connectivity index (χ3n) is 7.84. The van der Waals surface area contributed by atoms with Crippen molar-refractivity contribution in [1.82, 2.24) is 0 Å². The lowest BCUT2D eigenvalue weighted by molar-refractivity contribution is -0.145. The van der Waals surface area contributed by atoms with Gasteiger partial charge in [0.15, 0.2) is 0 Å². The molecule has 3 nitrogen and oxygen atoms in total. The predicted molar refractivity (Wildman–Crippen MR) is 156 cm³/mol. The minimum atomic E-state index is -4.39. The summed E-state index contributed by atoms with van der Waals surface area (Å²) in [6.07, 6.45) is 0.422. The van der Waals surface area contributed by atoms with Gasteiger partial charge in [0.25, 0.3) is 0 Å². The molecule has 1 saturated heterocycles. The number of piperidine rings is 1. The molecule has 2 unspecified atom stereocenters. The van der Waals surface area contributed by atoms with Crippen LogP contribution in [0.3, 0.4) is 0 Å². The Morgan fingerprint density at radius 2 is 1.73 bits per heavy atom. The number of rotatable bonds is 9. The predicted octanol–water partition coefficient (Wildman–Crippen LogP) is 8.98. The molecule has 1 aliphatic heterocycles. The monoisotopic (exact) mass is 551 g/mol. The molecule has 0 radical (unpaired) electrons. The molecule has 214 valence electrons. The molecule has 0 aromatic heterocycles. The lowest BCUT2D eigenvalue weighted by Gasteiger charge is -2.39. The Balaban J connectivity index is 1.80. The van der Waals surface area contributed by atoms with Gasteiger partial charge in [-0.05, 0) is 104 Å². The molecule has 2 atom stereocenters. The van der Waals surface area contributed by atoms with Crippen LogP contribution in [0.15, 0.2) is 66.7 Å². The molecule has 1 heterocycles. The zero-order valence-corrected chi connectivity index (χ0v) is 23.9. The van der Waals surface area contributed by atoms with E-state index < -0.39 is 17.7 Å². The van der Waals surface area contributed by atoms with E-state index in [0.717, 1.165) is 61.2 Å². The molecule has 4 rings (SSSR count). The molecule has 0 amide bonds. The second kappa shape index (κ2) is 12.9. The number of alkyl halides is 3. The quantitative estimate of drug-likeness (QED) is 0.249. The number of ether oxygens (including phenoxy) is 1. The van der Waals surface area contributed by atoms with Crippen molar-refractivity contribution < 1.29 is 22.7 Å². The molecule has 0 saturated carbocycles. The number of anilines is 1. The van der Waals surface area contributed by atoms with E-state index in [1.165, 1.54) is 23.3 Å². The van der Waals surface area contributed by atoms with E-state index in [-0.39, 0.29) is 17.9 Å². The van der Waals surface area contributed by atoms with Crippen molar-refractivity contribution in [1.29, 1.82) is 0 Å². The van der Waals surface area contributed by atoms with Crippen molar-refractivity contribution in [2.75, 3.05) is 18.1 Å². The van der Waals surface area contributed by atoms with Gasteiger partial charge in [-0.15, -0.1) is 0 Å². The summed E-state index contributed by atoms with van der Waals surface area (Å²) in [5.41, 5.74) is 5.26. The number of esters is 1. The van der Waals surface area contributed by atoms with Crippen molar-refractivity contribution in [3.63, 3.8) is 0 Å². The lowest BCUT2D eigenvalue weighted by Crippen LogP contribution is -2.41. The van der Waals surface area contributed by atoms with Crippen LogP contribution in [0.25, 0.3) is 11.1 Å². The highest BCUT2D eigenvalue weighted by atomic mass is 19.4. The molecule has 0 aliphatic carbocycles. The average Bonchev–Trinajstić information content (AvgIpc) is 2.92.